The molecule has 0 aliphatic heterocycles. The summed E-state index contributed by atoms with van der Waals surface area (Å²) in [4.78, 5) is 33.9. The van der Waals surface area contributed by atoms with Gasteiger partial charge in [-0.25, -0.2) is 9.78 Å². The van der Waals surface area contributed by atoms with E-state index in [1.165, 1.54) is 16.9 Å². The molecule has 1 aliphatic rings. The SMILES string of the molecule is CCNC(=O)n1nc(-c2ccc(NC(=O)c3cnc4ccccc4n3)cc2O)cc1C1CCCC1. The zero-order valence-electron chi connectivity index (χ0n) is 19.4. The third-order valence-electron chi connectivity index (χ3n) is 6.24. The van der Waals surface area contributed by atoms with Gasteiger partial charge in [-0.2, -0.15) is 9.78 Å². The minimum Gasteiger partial charge on any atom is -0.507 e. The zero-order chi connectivity index (χ0) is 24.4. The van der Waals surface area contributed by atoms with E-state index in [1.54, 1.807) is 18.2 Å². The summed E-state index contributed by atoms with van der Waals surface area (Å²) < 4.78 is 1.42. The number of phenolic OH excluding ortho intramolecular Hbond substituents is 1. The summed E-state index contributed by atoms with van der Waals surface area (Å²) in [5.74, 6) is -0.215. The van der Waals surface area contributed by atoms with Crippen LogP contribution in [0.1, 0.15) is 54.7 Å². The van der Waals surface area contributed by atoms with Crippen LogP contribution in [0, 0.1) is 0 Å². The molecule has 178 valence electrons. The number of amides is 2. The summed E-state index contributed by atoms with van der Waals surface area (Å²) in [6.07, 6.45) is 5.70. The van der Waals surface area contributed by atoms with E-state index < -0.39 is 5.91 Å². The summed E-state index contributed by atoms with van der Waals surface area (Å²) in [6, 6.07) is 13.7. The average molecular weight is 471 g/mol. The Morgan fingerprint density at radius 1 is 1.09 bits per heavy atom. The van der Waals surface area contributed by atoms with Gasteiger partial charge in [-0.05, 0) is 50.1 Å². The highest BCUT2D eigenvalue weighted by molar-refractivity contribution is 6.03. The quantitative estimate of drug-likeness (QED) is 0.389. The van der Waals surface area contributed by atoms with Crippen LogP contribution in [0.4, 0.5) is 10.5 Å². The number of anilines is 1. The Balaban J connectivity index is 1.40. The monoisotopic (exact) mass is 470 g/mol. The van der Waals surface area contributed by atoms with Gasteiger partial charge < -0.3 is 15.7 Å². The third kappa shape index (κ3) is 4.57. The fourth-order valence-electron chi connectivity index (χ4n) is 4.52. The van der Waals surface area contributed by atoms with Crippen molar-refractivity contribution in [3.63, 3.8) is 0 Å². The highest BCUT2D eigenvalue weighted by atomic mass is 16.3. The zero-order valence-corrected chi connectivity index (χ0v) is 19.4. The van der Waals surface area contributed by atoms with Crippen LogP contribution >= 0.6 is 0 Å². The maximum absolute atomic E-state index is 12.7. The maximum atomic E-state index is 12.7. The lowest BCUT2D eigenvalue weighted by Gasteiger charge is -2.11. The van der Waals surface area contributed by atoms with Crippen molar-refractivity contribution < 1.29 is 14.7 Å². The molecule has 0 atom stereocenters. The van der Waals surface area contributed by atoms with Crippen molar-refractivity contribution in [2.75, 3.05) is 11.9 Å². The minimum atomic E-state index is -0.431. The second-order valence-electron chi connectivity index (χ2n) is 8.61. The van der Waals surface area contributed by atoms with Crippen molar-refractivity contribution in [1.29, 1.82) is 0 Å². The number of hydrogen-bond acceptors (Lipinski definition) is 6. The summed E-state index contributed by atoms with van der Waals surface area (Å²) in [6.45, 7) is 2.36. The van der Waals surface area contributed by atoms with E-state index in [4.69, 9.17) is 0 Å². The normalized spacial score (nSPS) is 13.7. The van der Waals surface area contributed by atoms with Gasteiger partial charge in [0, 0.05) is 29.8 Å². The first kappa shape index (κ1) is 22.5. The van der Waals surface area contributed by atoms with Gasteiger partial charge in [0.1, 0.15) is 11.4 Å². The van der Waals surface area contributed by atoms with Crippen molar-refractivity contribution in [2.45, 2.75) is 38.5 Å². The molecule has 0 radical (unpaired) electrons. The molecule has 2 aromatic heterocycles. The van der Waals surface area contributed by atoms with Gasteiger partial charge in [-0.15, -0.1) is 0 Å². The lowest BCUT2D eigenvalue weighted by atomic mass is 10.0. The topological polar surface area (TPSA) is 122 Å². The molecule has 0 unspecified atom stereocenters. The number of carbonyl (C=O) groups is 2. The van der Waals surface area contributed by atoms with E-state index in [0.717, 1.165) is 31.4 Å². The first-order valence-corrected chi connectivity index (χ1v) is 11.8. The van der Waals surface area contributed by atoms with Crippen LogP contribution in [0.5, 0.6) is 5.75 Å². The number of hydrogen-bond donors (Lipinski definition) is 3. The highest BCUT2D eigenvalue weighted by Crippen LogP contribution is 2.38. The van der Waals surface area contributed by atoms with Crippen LogP contribution in [-0.2, 0) is 0 Å². The second kappa shape index (κ2) is 9.54. The van der Waals surface area contributed by atoms with Crippen molar-refractivity contribution in [3.05, 3.63) is 66.1 Å². The van der Waals surface area contributed by atoms with Gasteiger partial charge in [0.25, 0.3) is 5.91 Å². The number of nitrogens with one attached hydrogen (secondary N) is 2. The molecule has 0 bridgehead atoms. The van der Waals surface area contributed by atoms with E-state index in [1.807, 2.05) is 31.2 Å². The molecule has 1 fully saturated rings. The molecule has 2 aromatic carbocycles. The van der Waals surface area contributed by atoms with Gasteiger partial charge in [-0.3, -0.25) is 9.78 Å². The number of benzene rings is 2. The molecule has 35 heavy (non-hydrogen) atoms. The molecular formula is C26H26N6O3. The first-order valence-electron chi connectivity index (χ1n) is 11.8. The Morgan fingerprint density at radius 3 is 2.60 bits per heavy atom. The van der Waals surface area contributed by atoms with Gasteiger partial charge in [0.05, 0.1) is 28.6 Å². The smallest absolute Gasteiger partial charge is 0.342 e. The molecule has 1 saturated carbocycles. The Kier molecular flexibility index (Phi) is 6.13. The van der Waals surface area contributed by atoms with Crippen LogP contribution in [0.3, 0.4) is 0 Å². The van der Waals surface area contributed by atoms with Crippen LogP contribution in [0.15, 0.2) is 54.7 Å². The van der Waals surface area contributed by atoms with Crippen molar-refractivity contribution >= 4 is 28.7 Å². The average Bonchev–Trinajstić information content (AvgIpc) is 3.54. The Labute approximate surface area is 202 Å². The number of aromatic hydroxyl groups is 1. The molecule has 2 amide bonds. The number of fused-ring (bicyclic) bond motifs is 1. The Hall–Kier alpha value is -4.27. The van der Waals surface area contributed by atoms with Crippen LogP contribution in [-0.4, -0.2) is 43.3 Å². The van der Waals surface area contributed by atoms with E-state index in [0.29, 0.717) is 34.5 Å². The minimum absolute atomic E-state index is 0.0501. The second-order valence-corrected chi connectivity index (χ2v) is 8.61. The van der Waals surface area contributed by atoms with E-state index in [-0.39, 0.29) is 23.4 Å². The van der Waals surface area contributed by atoms with Crippen molar-refractivity contribution in [1.82, 2.24) is 25.1 Å². The maximum Gasteiger partial charge on any atom is 0.342 e. The van der Waals surface area contributed by atoms with Gasteiger partial charge in [0.2, 0.25) is 0 Å². The van der Waals surface area contributed by atoms with E-state index >= 15 is 0 Å². The molecule has 5 rings (SSSR count). The Morgan fingerprint density at radius 2 is 1.86 bits per heavy atom. The number of carbonyl (C=O) groups excluding carboxylic acids is 2. The van der Waals surface area contributed by atoms with Gasteiger partial charge >= 0.3 is 6.03 Å². The largest absolute Gasteiger partial charge is 0.507 e. The summed E-state index contributed by atoms with van der Waals surface area (Å²) in [5.41, 5.74) is 3.76. The summed E-state index contributed by atoms with van der Waals surface area (Å²) in [7, 11) is 0. The number of rotatable bonds is 5. The predicted octanol–water partition coefficient (Wildman–Crippen LogP) is 4.69. The van der Waals surface area contributed by atoms with Crippen LogP contribution in [0.25, 0.3) is 22.3 Å². The fraction of sp³-hybridized carbons (Fsp3) is 0.269. The molecule has 1 aliphatic carbocycles. The lowest BCUT2D eigenvalue weighted by molar-refractivity contribution is 0.102. The molecule has 0 saturated heterocycles. The molecule has 3 N–H and O–H groups in total. The molecule has 0 spiro atoms. The highest BCUT2D eigenvalue weighted by Gasteiger charge is 2.26. The fourth-order valence-corrected chi connectivity index (χ4v) is 4.52. The number of phenols is 1. The Bertz CT molecular complexity index is 1410. The first-order chi connectivity index (χ1) is 17.0. The van der Waals surface area contributed by atoms with Crippen LogP contribution in [0.2, 0.25) is 0 Å². The summed E-state index contributed by atoms with van der Waals surface area (Å²) >= 11 is 0. The number of para-hydroxylation sites is 2. The van der Waals surface area contributed by atoms with Crippen molar-refractivity contribution in [2.24, 2.45) is 0 Å². The summed E-state index contributed by atoms with van der Waals surface area (Å²) in [5, 5.41) is 20.8. The standard InChI is InChI=1S/C26H26N6O3/c1-2-27-26(35)32-23(16-7-3-4-8-16)14-21(31-32)18-12-11-17(13-24(18)33)29-25(34)22-15-28-19-9-5-6-10-20(19)30-22/h5-6,9-16,33H,2-4,7-8H2,1H3,(H,27,35)(H,29,34). The molecule has 9 heteroatoms. The van der Waals surface area contributed by atoms with Gasteiger partial charge in [0.15, 0.2) is 0 Å². The molecule has 9 nitrogen and oxygen atoms in total. The third-order valence-corrected chi connectivity index (χ3v) is 6.24. The van der Waals surface area contributed by atoms with Crippen LogP contribution < -0.4 is 10.6 Å². The van der Waals surface area contributed by atoms with Crippen molar-refractivity contribution in [3.8, 4) is 17.0 Å². The van der Waals surface area contributed by atoms with E-state index in [2.05, 4.69) is 25.7 Å². The molecular weight excluding hydrogens is 444 g/mol. The predicted molar refractivity (Wildman–Crippen MR) is 132 cm³/mol. The molecule has 4 aromatic rings. The van der Waals surface area contributed by atoms with Gasteiger partial charge in [-0.1, -0.05) is 25.0 Å². The lowest BCUT2D eigenvalue weighted by Crippen LogP contribution is -2.30. The van der Waals surface area contributed by atoms with E-state index in [9.17, 15) is 14.7 Å². The number of nitrogens with zero attached hydrogens (tertiary/aromatic N) is 4. The number of aromatic nitrogens is 4. The molecule has 2 heterocycles.